The van der Waals surface area contributed by atoms with Crippen molar-refractivity contribution in [1.29, 1.82) is 0 Å². The number of rotatable bonds is 11. The first-order chi connectivity index (χ1) is 19.4. The highest BCUT2D eigenvalue weighted by Gasteiger charge is 2.13. The summed E-state index contributed by atoms with van der Waals surface area (Å²) in [6.07, 6.45) is 1.50. The highest BCUT2D eigenvalue weighted by Crippen LogP contribution is 2.34. The lowest BCUT2D eigenvalue weighted by molar-refractivity contribution is -0.118. The monoisotopic (exact) mass is 576 g/mol. The Bertz CT molecular complexity index is 1630. The van der Waals surface area contributed by atoms with Gasteiger partial charge >= 0.3 is 0 Å². The van der Waals surface area contributed by atoms with Gasteiger partial charge in [-0.1, -0.05) is 59.3 Å². The fourth-order valence-corrected chi connectivity index (χ4v) is 5.06. The Hall–Kier alpha value is -4.12. The standard InChI is InChI=1S/C29H26ClFN6O2S/c1-18(38)33-12-11-32-15-19-5-7-21(8-6-19)28-37-26-27(34-17-35-29(26)40-28)36-23-9-10-25(24(30)14-23)39-16-20-3-2-4-22(31)13-20/h2-10,13-14,17,32H,11-12,15-16H2,1H3,(H,33,38)(H,34,35,36). The van der Waals surface area contributed by atoms with Crippen molar-refractivity contribution in [2.75, 3.05) is 18.4 Å². The average molecular weight is 577 g/mol. The van der Waals surface area contributed by atoms with Gasteiger partial charge in [-0.25, -0.2) is 19.3 Å². The molecule has 0 atom stereocenters. The zero-order valence-corrected chi connectivity index (χ0v) is 23.2. The first-order valence-electron chi connectivity index (χ1n) is 12.5. The minimum atomic E-state index is -0.311. The number of nitrogens with zero attached hydrogens (tertiary/aromatic N) is 3. The van der Waals surface area contributed by atoms with Gasteiger partial charge in [-0.05, 0) is 41.5 Å². The fourth-order valence-electron chi connectivity index (χ4n) is 3.91. The molecule has 0 unspecified atom stereocenters. The third-order valence-electron chi connectivity index (χ3n) is 5.88. The molecule has 5 rings (SSSR count). The second-order valence-electron chi connectivity index (χ2n) is 8.94. The first kappa shape index (κ1) is 27.4. The Labute approximate surface area is 239 Å². The van der Waals surface area contributed by atoms with Gasteiger partial charge in [-0.15, -0.1) is 0 Å². The first-order valence-corrected chi connectivity index (χ1v) is 13.7. The molecule has 0 aliphatic heterocycles. The van der Waals surface area contributed by atoms with Gasteiger partial charge in [0.15, 0.2) is 5.82 Å². The normalized spacial score (nSPS) is 11.0. The van der Waals surface area contributed by atoms with Crippen LogP contribution in [0.1, 0.15) is 18.1 Å². The molecule has 0 saturated heterocycles. The van der Waals surface area contributed by atoms with E-state index in [2.05, 4.69) is 38.1 Å². The lowest BCUT2D eigenvalue weighted by Gasteiger charge is -2.11. The van der Waals surface area contributed by atoms with Crippen molar-refractivity contribution < 1.29 is 13.9 Å². The molecule has 0 fully saturated rings. The molecule has 0 bridgehead atoms. The number of amides is 1. The summed E-state index contributed by atoms with van der Waals surface area (Å²) in [5.74, 6) is 0.716. The van der Waals surface area contributed by atoms with E-state index in [-0.39, 0.29) is 18.3 Å². The molecule has 2 aromatic heterocycles. The van der Waals surface area contributed by atoms with Crippen LogP contribution in [0.4, 0.5) is 15.9 Å². The molecule has 40 heavy (non-hydrogen) atoms. The number of anilines is 2. The second-order valence-corrected chi connectivity index (χ2v) is 10.3. The maximum atomic E-state index is 13.4. The quantitative estimate of drug-likeness (QED) is 0.163. The molecule has 0 aliphatic carbocycles. The minimum Gasteiger partial charge on any atom is -0.487 e. The molecule has 8 nitrogen and oxygen atoms in total. The van der Waals surface area contributed by atoms with Crippen molar-refractivity contribution >= 4 is 50.7 Å². The molecule has 204 valence electrons. The molecule has 1 amide bonds. The summed E-state index contributed by atoms with van der Waals surface area (Å²) >= 11 is 7.95. The Morgan fingerprint density at radius 3 is 2.65 bits per heavy atom. The third-order valence-corrected chi connectivity index (χ3v) is 7.19. The predicted octanol–water partition coefficient (Wildman–Crippen LogP) is 6.09. The molecule has 3 aromatic carbocycles. The van der Waals surface area contributed by atoms with E-state index in [1.807, 2.05) is 18.2 Å². The minimum absolute atomic E-state index is 0.0319. The van der Waals surface area contributed by atoms with Crippen molar-refractivity contribution in [1.82, 2.24) is 25.6 Å². The smallest absolute Gasteiger partial charge is 0.216 e. The summed E-state index contributed by atoms with van der Waals surface area (Å²) in [5, 5.41) is 10.6. The zero-order valence-electron chi connectivity index (χ0n) is 21.6. The summed E-state index contributed by atoms with van der Waals surface area (Å²) < 4.78 is 19.2. The van der Waals surface area contributed by atoms with E-state index in [9.17, 15) is 9.18 Å². The van der Waals surface area contributed by atoms with Gasteiger partial charge in [0, 0.05) is 37.8 Å². The molecule has 11 heteroatoms. The number of halogens is 2. The summed E-state index contributed by atoms with van der Waals surface area (Å²) in [6.45, 7) is 3.71. The number of nitrogens with one attached hydrogen (secondary N) is 3. The fraction of sp³-hybridized carbons (Fsp3) is 0.172. The molecular formula is C29H26ClFN6O2S. The topological polar surface area (TPSA) is 101 Å². The van der Waals surface area contributed by atoms with Gasteiger partial charge in [0.25, 0.3) is 0 Å². The van der Waals surface area contributed by atoms with Crippen LogP contribution in [0.3, 0.4) is 0 Å². The van der Waals surface area contributed by atoms with Crippen LogP contribution in [0.2, 0.25) is 5.02 Å². The molecule has 5 aromatic rings. The Morgan fingerprint density at radius 2 is 1.88 bits per heavy atom. The van der Waals surface area contributed by atoms with Gasteiger partial charge in [0.2, 0.25) is 5.91 Å². The van der Waals surface area contributed by atoms with Crippen LogP contribution in [-0.2, 0) is 17.9 Å². The van der Waals surface area contributed by atoms with E-state index in [0.29, 0.717) is 53.0 Å². The molecule has 0 spiro atoms. The van der Waals surface area contributed by atoms with Crippen LogP contribution in [0.5, 0.6) is 5.75 Å². The van der Waals surface area contributed by atoms with Gasteiger partial charge in [-0.3, -0.25) is 4.79 Å². The molecule has 0 radical (unpaired) electrons. The molecule has 2 heterocycles. The van der Waals surface area contributed by atoms with Crippen molar-refractivity contribution in [3.05, 3.63) is 95.0 Å². The highest BCUT2D eigenvalue weighted by atomic mass is 35.5. The maximum absolute atomic E-state index is 13.4. The lowest BCUT2D eigenvalue weighted by atomic mass is 10.1. The van der Waals surface area contributed by atoms with Crippen molar-refractivity contribution in [2.24, 2.45) is 0 Å². The number of thiazole rings is 1. The van der Waals surface area contributed by atoms with E-state index < -0.39 is 0 Å². The van der Waals surface area contributed by atoms with Crippen molar-refractivity contribution in [3.8, 4) is 16.3 Å². The van der Waals surface area contributed by atoms with E-state index in [1.54, 1.807) is 24.3 Å². The van der Waals surface area contributed by atoms with Crippen molar-refractivity contribution in [3.63, 3.8) is 0 Å². The van der Waals surface area contributed by atoms with E-state index in [0.717, 1.165) is 21.0 Å². The summed E-state index contributed by atoms with van der Waals surface area (Å²) in [4.78, 5) is 25.3. The number of carbonyl (C=O) groups is 1. The number of hydrogen-bond donors (Lipinski definition) is 3. The van der Waals surface area contributed by atoms with Crippen LogP contribution in [0.15, 0.2) is 73.1 Å². The molecule has 3 N–H and O–H groups in total. The maximum Gasteiger partial charge on any atom is 0.216 e. The number of benzene rings is 3. The van der Waals surface area contributed by atoms with E-state index >= 15 is 0 Å². The van der Waals surface area contributed by atoms with Crippen LogP contribution >= 0.6 is 22.9 Å². The summed E-state index contributed by atoms with van der Waals surface area (Å²) in [7, 11) is 0. The zero-order chi connectivity index (χ0) is 27.9. The van der Waals surface area contributed by atoms with Crippen molar-refractivity contribution in [2.45, 2.75) is 20.1 Å². The summed E-state index contributed by atoms with van der Waals surface area (Å²) in [6, 6.07) is 19.7. The highest BCUT2D eigenvalue weighted by molar-refractivity contribution is 7.21. The van der Waals surface area contributed by atoms with E-state index in [4.69, 9.17) is 21.3 Å². The van der Waals surface area contributed by atoms with Crippen LogP contribution < -0.4 is 20.7 Å². The Morgan fingerprint density at radius 1 is 1.02 bits per heavy atom. The molecule has 0 aliphatic rings. The Balaban J connectivity index is 1.24. The van der Waals surface area contributed by atoms with Gasteiger partial charge < -0.3 is 20.7 Å². The van der Waals surface area contributed by atoms with Gasteiger partial charge in [0.05, 0.1) is 5.02 Å². The number of fused-ring (bicyclic) bond motifs is 1. The average Bonchev–Trinajstić information content (AvgIpc) is 3.38. The SMILES string of the molecule is CC(=O)NCCNCc1ccc(-c2nc3c(Nc4ccc(OCc5cccc(F)c5)c(Cl)c4)ncnc3s2)cc1. The second kappa shape index (κ2) is 12.8. The third kappa shape index (κ3) is 7.09. The number of ether oxygens (including phenoxy) is 1. The number of aromatic nitrogens is 3. The predicted molar refractivity (Wildman–Crippen MR) is 157 cm³/mol. The van der Waals surface area contributed by atoms with E-state index in [1.165, 1.54) is 36.7 Å². The number of carbonyl (C=O) groups excluding carboxylic acids is 1. The van der Waals surface area contributed by atoms with Crippen LogP contribution in [0.25, 0.3) is 20.9 Å². The largest absolute Gasteiger partial charge is 0.487 e. The molecule has 0 saturated carbocycles. The molecular weight excluding hydrogens is 551 g/mol. The van der Waals surface area contributed by atoms with Crippen LogP contribution in [0, 0.1) is 5.82 Å². The number of hydrogen-bond acceptors (Lipinski definition) is 8. The lowest BCUT2D eigenvalue weighted by Crippen LogP contribution is -2.29. The van der Waals surface area contributed by atoms with Gasteiger partial charge in [0.1, 0.15) is 39.9 Å². The Kier molecular flexibility index (Phi) is 8.80. The summed E-state index contributed by atoms with van der Waals surface area (Å²) in [5.41, 5.74) is 4.21. The van der Waals surface area contributed by atoms with Crippen LogP contribution in [-0.4, -0.2) is 33.9 Å². The van der Waals surface area contributed by atoms with Gasteiger partial charge in [-0.2, -0.15) is 0 Å².